The SMILES string of the molecule is CCCCCC/C=C\CCCOc1cccc(C(=O)N[C@H]2C(O[C@H]3C(O)C(NC(C)=O)C(OC4C(CO)O[C@@H](O[C@H]5C(O)C(NC(C)=O)C(OC6C(CO[C@H]7OC(C)C(O)[C@@H](O)[C@@H]7OC)OC(O)[C@H](NC(C)=O)[C@H]6O)O[C@@H]5CO)[C@H](NC(C)=O)[C@H]4O)O[C@@H]3CO)OC(CO)[C@H](O)[C@@H]2O)c1. The number of ether oxygens (including phenoxy) is 13. The standard InChI is InChI=1S/C63H101N5O31/c1-8-9-10-11-12-13-14-15-16-20-88-33-19-17-18-32(21-33)57(85)68-40-46(79)45(78)34(22-69)92-59(40)96-52-35(23-70)93-60(41(48(52)81)65-29(4)74)97-53-36(24-71)94-61(42(49(53)82)66-30(5)75)98-54-37(25-72)95-62(43(50(54)83)67-31(6)76)99-55-38(91-58(86)39(47(55)80)64-28(3)73)26-89-63-56(87-7)51(84)44(77)27(2)90-63/h13-14,17-19,21,27,34-56,58-63,69-72,77-84,86H,8-12,15-16,20,22-26H2,1-7H3,(H,64,73)(H,65,74)(H,66,75)(H,67,76)(H,68,85)/b14-13-/t27?,34?,35-,36?,37-,38?,39-,40-,41?,42-,43?,44?,45+,46-,47-,48?,49-,50?,51-,52-,53?,54-,55?,56+,58?,59?,60?,61+,62?,63+/m1/s1. The molecule has 0 aliphatic carbocycles. The smallest absolute Gasteiger partial charge is 0.251 e. The number of benzene rings is 1. The maximum atomic E-state index is 14.0. The molecule has 564 valence electrons. The highest BCUT2D eigenvalue weighted by Crippen LogP contribution is 2.37. The number of aliphatic hydroxyl groups excluding tert-OH is 13. The van der Waals surface area contributed by atoms with Crippen LogP contribution >= 0.6 is 0 Å². The Kier molecular flexibility index (Phi) is 31.7. The molecule has 0 saturated carbocycles. The number of hydrogen-bond donors (Lipinski definition) is 18. The molecule has 0 aromatic heterocycles. The summed E-state index contributed by atoms with van der Waals surface area (Å²) in [5, 5.41) is 158. The molecule has 6 heterocycles. The summed E-state index contributed by atoms with van der Waals surface area (Å²) in [6.07, 6.45) is -32.0. The van der Waals surface area contributed by atoms with Crippen molar-refractivity contribution < 1.29 is 152 Å². The summed E-state index contributed by atoms with van der Waals surface area (Å²) >= 11 is 0. The van der Waals surface area contributed by atoms with Crippen molar-refractivity contribution in [3.8, 4) is 5.75 Å². The minimum Gasteiger partial charge on any atom is -0.494 e. The van der Waals surface area contributed by atoms with Gasteiger partial charge < -0.3 is 155 Å². The molecule has 1 aromatic rings. The van der Waals surface area contributed by atoms with Gasteiger partial charge in [-0.2, -0.15) is 0 Å². The second kappa shape index (κ2) is 38.6. The van der Waals surface area contributed by atoms with E-state index in [1.54, 1.807) is 12.1 Å². The maximum Gasteiger partial charge on any atom is 0.251 e. The van der Waals surface area contributed by atoms with E-state index >= 15 is 0 Å². The Morgan fingerprint density at radius 3 is 1.35 bits per heavy atom. The highest BCUT2D eigenvalue weighted by molar-refractivity contribution is 5.94. The zero-order chi connectivity index (χ0) is 72.5. The van der Waals surface area contributed by atoms with E-state index in [9.17, 15) is 90.4 Å². The molecule has 15 unspecified atom stereocenters. The largest absolute Gasteiger partial charge is 0.494 e. The van der Waals surface area contributed by atoms with Gasteiger partial charge in [-0.05, 0) is 50.8 Å². The lowest BCUT2D eigenvalue weighted by Gasteiger charge is -2.51. The van der Waals surface area contributed by atoms with Crippen LogP contribution in [-0.4, -0.2) is 327 Å². The molecule has 7 rings (SSSR count). The number of carbonyl (C=O) groups is 5. The van der Waals surface area contributed by atoms with Crippen LogP contribution in [0, 0.1) is 0 Å². The molecule has 6 aliphatic rings. The molecular weight excluding hydrogens is 1320 g/mol. The van der Waals surface area contributed by atoms with Crippen molar-refractivity contribution >= 4 is 29.5 Å². The van der Waals surface area contributed by atoms with Crippen molar-refractivity contribution in [1.82, 2.24) is 26.6 Å². The maximum absolute atomic E-state index is 14.0. The van der Waals surface area contributed by atoms with Crippen molar-refractivity contribution in [3.05, 3.63) is 42.0 Å². The molecule has 5 amide bonds. The molecule has 18 N–H and O–H groups in total. The molecule has 6 saturated heterocycles. The number of amides is 5. The van der Waals surface area contributed by atoms with Crippen LogP contribution in [0.5, 0.6) is 5.75 Å². The van der Waals surface area contributed by atoms with Gasteiger partial charge in [-0.25, -0.2) is 0 Å². The average Bonchev–Trinajstić information content (AvgIpc) is 0.771. The van der Waals surface area contributed by atoms with Crippen LogP contribution in [0.25, 0.3) is 0 Å². The normalized spacial score (nSPS) is 39.6. The third kappa shape index (κ3) is 20.9. The topological polar surface area (TPSA) is 528 Å². The Balaban J connectivity index is 1.07. The molecule has 6 fully saturated rings. The van der Waals surface area contributed by atoms with Crippen molar-refractivity contribution in [3.63, 3.8) is 0 Å². The minimum atomic E-state index is -2.07. The molecule has 30 atom stereocenters. The van der Waals surface area contributed by atoms with E-state index in [1.807, 2.05) is 0 Å². The number of unbranched alkanes of at least 4 members (excludes halogenated alkanes) is 5. The van der Waals surface area contributed by atoms with Gasteiger partial charge in [-0.1, -0.05) is 44.4 Å². The van der Waals surface area contributed by atoms with Gasteiger partial charge in [0.25, 0.3) is 5.91 Å². The molecule has 36 nitrogen and oxygen atoms in total. The van der Waals surface area contributed by atoms with E-state index in [2.05, 4.69) is 45.7 Å². The molecule has 36 heteroatoms. The van der Waals surface area contributed by atoms with E-state index < -0.39 is 246 Å². The van der Waals surface area contributed by atoms with Gasteiger partial charge in [-0.15, -0.1) is 0 Å². The van der Waals surface area contributed by atoms with Gasteiger partial charge >= 0.3 is 0 Å². The molecule has 0 radical (unpaired) electrons. The summed E-state index contributed by atoms with van der Waals surface area (Å²) in [5.74, 6) is -3.67. The van der Waals surface area contributed by atoms with Gasteiger partial charge in [0.15, 0.2) is 37.7 Å². The Hall–Kier alpha value is -4.89. The van der Waals surface area contributed by atoms with Gasteiger partial charge in [-0.3, -0.25) is 24.0 Å². The van der Waals surface area contributed by atoms with Crippen molar-refractivity contribution in [1.29, 1.82) is 0 Å². The predicted molar refractivity (Wildman–Crippen MR) is 333 cm³/mol. The van der Waals surface area contributed by atoms with Crippen LogP contribution in [-0.2, 0) is 76.0 Å². The van der Waals surface area contributed by atoms with E-state index in [-0.39, 0.29) is 5.56 Å². The van der Waals surface area contributed by atoms with Gasteiger partial charge in [0.1, 0.15) is 146 Å². The molecule has 0 bridgehead atoms. The predicted octanol–water partition coefficient (Wildman–Crippen LogP) is -6.72. The zero-order valence-electron chi connectivity index (χ0n) is 56.1. The molecule has 0 spiro atoms. The lowest BCUT2D eigenvalue weighted by molar-refractivity contribution is -0.368. The van der Waals surface area contributed by atoms with Crippen LogP contribution in [0.2, 0.25) is 0 Å². The second-order valence-electron chi connectivity index (χ2n) is 25.3. The summed E-state index contributed by atoms with van der Waals surface area (Å²) < 4.78 is 77.9. The van der Waals surface area contributed by atoms with Crippen LogP contribution in [0.1, 0.15) is 96.8 Å². The quantitative estimate of drug-likeness (QED) is 0.0235. The van der Waals surface area contributed by atoms with Crippen LogP contribution in [0.4, 0.5) is 0 Å². The number of aliphatic hydroxyl groups is 13. The number of rotatable bonds is 32. The zero-order valence-corrected chi connectivity index (χ0v) is 56.1. The summed E-state index contributed by atoms with van der Waals surface area (Å²) in [5.41, 5.74) is 0.0482. The summed E-state index contributed by atoms with van der Waals surface area (Å²) in [4.78, 5) is 65.1. The highest BCUT2D eigenvalue weighted by atomic mass is 16.8. The average molecular weight is 1420 g/mol. The Morgan fingerprint density at radius 1 is 0.465 bits per heavy atom. The number of carbonyl (C=O) groups excluding carboxylic acids is 5. The number of nitrogens with one attached hydrogen (secondary N) is 5. The summed E-state index contributed by atoms with van der Waals surface area (Å²) in [7, 11) is 1.21. The first-order chi connectivity index (χ1) is 47.2. The fraction of sp³-hybridized carbons (Fsp3) is 0.794. The molecule has 6 aliphatic heterocycles. The van der Waals surface area contributed by atoms with Crippen molar-refractivity contribution in [2.24, 2.45) is 0 Å². The Morgan fingerprint density at radius 2 is 0.899 bits per heavy atom. The van der Waals surface area contributed by atoms with Crippen LogP contribution < -0.4 is 31.3 Å². The first-order valence-electron chi connectivity index (χ1n) is 33.2. The Labute approximate surface area is 571 Å². The van der Waals surface area contributed by atoms with Crippen LogP contribution in [0.3, 0.4) is 0 Å². The second-order valence-corrected chi connectivity index (χ2v) is 25.3. The van der Waals surface area contributed by atoms with Crippen molar-refractivity contribution in [2.45, 2.75) is 270 Å². The summed E-state index contributed by atoms with van der Waals surface area (Å²) in [6.45, 7) is 3.52. The number of hydrogen-bond acceptors (Lipinski definition) is 31. The highest BCUT2D eigenvalue weighted by Gasteiger charge is 2.58. The van der Waals surface area contributed by atoms with Crippen molar-refractivity contribution in [2.75, 3.05) is 46.8 Å². The van der Waals surface area contributed by atoms with Gasteiger partial charge in [0.2, 0.25) is 23.6 Å². The van der Waals surface area contributed by atoms with Crippen LogP contribution in [0.15, 0.2) is 36.4 Å². The van der Waals surface area contributed by atoms with E-state index in [0.29, 0.717) is 18.8 Å². The van der Waals surface area contributed by atoms with E-state index in [4.69, 9.17) is 61.6 Å². The number of allylic oxidation sites excluding steroid dienone is 2. The lowest BCUT2D eigenvalue weighted by atomic mass is 9.93. The van der Waals surface area contributed by atoms with Gasteiger partial charge in [0, 0.05) is 40.4 Å². The monoisotopic (exact) mass is 1420 g/mol. The van der Waals surface area contributed by atoms with E-state index in [1.165, 1.54) is 39.0 Å². The first kappa shape index (κ1) is 81.4. The Bertz CT molecular complexity index is 2730. The fourth-order valence-electron chi connectivity index (χ4n) is 12.7. The first-order valence-corrected chi connectivity index (χ1v) is 33.2. The fourth-order valence-corrected chi connectivity index (χ4v) is 12.7. The molecule has 1 aromatic carbocycles. The molecular formula is C63H101N5O31. The third-order valence-electron chi connectivity index (χ3n) is 17.8. The van der Waals surface area contributed by atoms with Gasteiger partial charge in [0.05, 0.1) is 45.7 Å². The molecule has 99 heavy (non-hydrogen) atoms. The van der Waals surface area contributed by atoms with E-state index in [0.717, 1.165) is 53.4 Å². The number of methoxy groups -OCH3 is 1. The summed E-state index contributed by atoms with van der Waals surface area (Å²) in [6, 6.07) is -2.45. The lowest BCUT2D eigenvalue weighted by Crippen LogP contribution is -2.72. The third-order valence-corrected chi connectivity index (χ3v) is 17.8. The minimum absolute atomic E-state index is 0.0482.